The predicted molar refractivity (Wildman–Crippen MR) is 269 cm³/mol. The number of rotatable bonds is 10. The quantitative estimate of drug-likeness (QED) is 0.135. The van der Waals surface area contributed by atoms with Crippen LogP contribution in [0.2, 0.25) is 0 Å². The topological polar surface area (TPSA) is 79.2 Å². The Morgan fingerprint density at radius 3 is 1.20 bits per heavy atom. The molecular formula is C59H58N4O3. The maximum absolute atomic E-state index is 7.58. The third-order valence-electron chi connectivity index (χ3n) is 12.5. The van der Waals surface area contributed by atoms with Gasteiger partial charge in [0.25, 0.3) is 0 Å². The van der Waals surface area contributed by atoms with Gasteiger partial charge in [-0.2, -0.15) is 0 Å². The fourth-order valence-electron chi connectivity index (χ4n) is 8.68. The molecule has 1 aliphatic heterocycles. The van der Waals surface area contributed by atoms with E-state index in [4.69, 9.17) is 34.1 Å². The molecule has 8 aromatic rings. The first-order valence-corrected chi connectivity index (χ1v) is 23.0. The largest absolute Gasteiger partial charge is 0.494 e. The first-order chi connectivity index (χ1) is 31.6. The number of fused-ring (bicyclic) bond motifs is 2. The SMILES string of the molecule is CCOc1ccc(-c2cc(-c3cc(C(C)(C)C)cc4c3Oc3c(-c5cc(-c6ccc(OCC)cc6)nc(-c6ccccn6)c5)cc(C(C)(C)C)cc3C4(C)C)cc(-c3ccccn3)n2)cc1. The van der Waals surface area contributed by atoms with Gasteiger partial charge in [0.1, 0.15) is 23.0 Å². The Hall–Kier alpha value is -7.12. The molecule has 4 aromatic carbocycles. The molecule has 0 amide bonds. The zero-order valence-corrected chi connectivity index (χ0v) is 39.8. The highest BCUT2D eigenvalue weighted by Crippen LogP contribution is 2.56. The lowest BCUT2D eigenvalue weighted by molar-refractivity contribution is 0.340. The van der Waals surface area contributed by atoms with Crippen LogP contribution >= 0.6 is 0 Å². The molecule has 0 spiro atoms. The van der Waals surface area contributed by atoms with Crippen molar-refractivity contribution in [1.82, 2.24) is 19.9 Å². The lowest BCUT2D eigenvalue weighted by Crippen LogP contribution is -2.27. The molecule has 0 saturated carbocycles. The second kappa shape index (κ2) is 17.4. The third-order valence-corrected chi connectivity index (χ3v) is 12.5. The van der Waals surface area contributed by atoms with Gasteiger partial charge in [-0.25, -0.2) is 9.97 Å². The molecule has 0 atom stereocenters. The molecule has 0 fully saturated rings. The van der Waals surface area contributed by atoms with Gasteiger partial charge in [-0.15, -0.1) is 0 Å². The molecule has 0 unspecified atom stereocenters. The standard InChI is InChI=1S/C59H58N4O3/c1-11-64-43-23-19-37(20-24-43)51-29-39(31-53(62-51)49-17-13-15-27-60-49)45-33-41(57(3,4)5)35-47-55(45)66-56-46(34-42(58(6,7)8)36-48(56)59(47,9)10)40-30-52(38-21-25-44(26-22-38)65-12-2)63-54(32-40)50-18-14-16-28-61-50/h13-36H,11-12H2,1-10H3. The van der Waals surface area contributed by atoms with Crippen molar-refractivity contribution in [2.24, 2.45) is 0 Å². The number of aromatic nitrogens is 4. The van der Waals surface area contributed by atoms with E-state index in [1.54, 1.807) is 0 Å². The van der Waals surface area contributed by atoms with Gasteiger partial charge in [-0.05, 0) is 156 Å². The molecule has 1 aliphatic rings. The summed E-state index contributed by atoms with van der Waals surface area (Å²) in [5.41, 5.74) is 14.6. The number of nitrogens with zero attached hydrogens (tertiary/aromatic N) is 4. The summed E-state index contributed by atoms with van der Waals surface area (Å²) in [6, 6.07) is 46.3. The summed E-state index contributed by atoms with van der Waals surface area (Å²) in [7, 11) is 0. The minimum Gasteiger partial charge on any atom is -0.494 e. The molecule has 9 rings (SSSR count). The van der Waals surface area contributed by atoms with E-state index in [1.165, 1.54) is 11.1 Å². The van der Waals surface area contributed by atoms with Crippen LogP contribution in [-0.4, -0.2) is 33.1 Å². The number of hydrogen-bond donors (Lipinski definition) is 0. The summed E-state index contributed by atoms with van der Waals surface area (Å²) >= 11 is 0. The van der Waals surface area contributed by atoms with Crippen LogP contribution in [0.15, 0.2) is 146 Å². The van der Waals surface area contributed by atoms with Crippen LogP contribution in [0.25, 0.3) is 67.5 Å². The van der Waals surface area contributed by atoms with Crippen molar-refractivity contribution in [3.63, 3.8) is 0 Å². The van der Waals surface area contributed by atoms with Crippen LogP contribution in [-0.2, 0) is 16.2 Å². The number of pyridine rings is 4. The summed E-state index contributed by atoms with van der Waals surface area (Å²) in [5, 5.41) is 0. The molecule has 5 heterocycles. The molecule has 7 nitrogen and oxygen atoms in total. The number of ether oxygens (including phenoxy) is 3. The number of benzene rings is 4. The van der Waals surface area contributed by atoms with Crippen molar-refractivity contribution < 1.29 is 14.2 Å². The van der Waals surface area contributed by atoms with E-state index in [-0.39, 0.29) is 10.8 Å². The minimum absolute atomic E-state index is 0.163. The van der Waals surface area contributed by atoms with Gasteiger partial charge in [-0.3, -0.25) is 9.97 Å². The van der Waals surface area contributed by atoms with Crippen LogP contribution in [0.3, 0.4) is 0 Å². The Morgan fingerprint density at radius 1 is 0.455 bits per heavy atom. The molecular weight excluding hydrogens is 813 g/mol. The summed E-state index contributed by atoms with van der Waals surface area (Å²) in [6.45, 7) is 23.5. The van der Waals surface area contributed by atoms with Gasteiger partial charge >= 0.3 is 0 Å². The van der Waals surface area contributed by atoms with Crippen molar-refractivity contribution in [2.75, 3.05) is 13.2 Å². The molecule has 4 aromatic heterocycles. The van der Waals surface area contributed by atoms with Gasteiger partial charge in [0.2, 0.25) is 0 Å². The lowest BCUT2D eigenvalue weighted by atomic mass is 9.70. The highest BCUT2D eigenvalue weighted by atomic mass is 16.5. The number of hydrogen-bond acceptors (Lipinski definition) is 7. The highest BCUT2D eigenvalue weighted by molar-refractivity contribution is 5.86. The van der Waals surface area contributed by atoms with Crippen molar-refractivity contribution in [3.05, 3.63) is 168 Å². The van der Waals surface area contributed by atoms with Crippen LogP contribution in [0.1, 0.15) is 91.5 Å². The van der Waals surface area contributed by atoms with Crippen LogP contribution in [0, 0.1) is 0 Å². The maximum Gasteiger partial charge on any atom is 0.139 e. The van der Waals surface area contributed by atoms with E-state index in [0.29, 0.717) is 13.2 Å². The molecule has 332 valence electrons. The molecule has 66 heavy (non-hydrogen) atoms. The van der Waals surface area contributed by atoms with Gasteiger partial charge in [0, 0.05) is 51.2 Å². The highest BCUT2D eigenvalue weighted by Gasteiger charge is 2.40. The van der Waals surface area contributed by atoms with Gasteiger partial charge in [0.15, 0.2) is 0 Å². The zero-order chi connectivity index (χ0) is 46.4. The Kier molecular flexibility index (Phi) is 11.6. The third kappa shape index (κ3) is 8.70. The average Bonchev–Trinajstić information content (AvgIpc) is 3.31. The summed E-state index contributed by atoms with van der Waals surface area (Å²) < 4.78 is 19.2. The zero-order valence-electron chi connectivity index (χ0n) is 39.8. The summed E-state index contributed by atoms with van der Waals surface area (Å²) in [5.74, 6) is 3.29. The second-order valence-electron chi connectivity index (χ2n) is 19.6. The Bertz CT molecular complexity index is 2830. The first kappa shape index (κ1) is 44.1. The van der Waals surface area contributed by atoms with Crippen molar-refractivity contribution >= 4 is 0 Å². The Balaban J connectivity index is 1.30. The fourth-order valence-corrected chi connectivity index (χ4v) is 8.68. The maximum atomic E-state index is 7.58. The van der Waals surface area contributed by atoms with E-state index in [0.717, 1.165) is 102 Å². The van der Waals surface area contributed by atoms with E-state index >= 15 is 0 Å². The monoisotopic (exact) mass is 870 g/mol. The molecule has 0 aliphatic carbocycles. The van der Waals surface area contributed by atoms with Gasteiger partial charge in [0.05, 0.1) is 47.4 Å². The van der Waals surface area contributed by atoms with Crippen molar-refractivity contribution in [1.29, 1.82) is 0 Å². The Morgan fingerprint density at radius 2 is 0.848 bits per heavy atom. The van der Waals surface area contributed by atoms with Crippen LogP contribution in [0.5, 0.6) is 23.0 Å². The normalized spacial score (nSPS) is 13.1. The molecule has 0 radical (unpaired) electrons. The van der Waals surface area contributed by atoms with E-state index in [9.17, 15) is 0 Å². The smallest absolute Gasteiger partial charge is 0.139 e. The lowest BCUT2D eigenvalue weighted by Gasteiger charge is -2.39. The van der Waals surface area contributed by atoms with E-state index in [2.05, 4.69) is 128 Å². The second-order valence-corrected chi connectivity index (χ2v) is 19.6. The molecule has 0 N–H and O–H groups in total. The van der Waals surface area contributed by atoms with E-state index < -0.39 is 5.41 Å². The molecule has 0 saturated heterocycles. The fraction of sp³-hybridized carbons (Fsp3) is 0.254. The summed E-state index contributed by atoms with van der Waals surface area (Å²) in [4.78, 5) is 20.0. The minimum atomic E-state index is -0.474. The van der Waals surface area contributed by atoms with E-state index in [1.807, 2.05) is 86.9 Å². The predicted octanol–water partition coefficient (Wildman–Crippen LogP) is 15.1. The van der Waals surface area contributed by atoms with Crippen LogP contribution in [0.4, 0.5) is 0 Å². The molecule has 0 bridgehead atoms. The first-order valence-electron chi connectivity index (χ1n) is 23.0. The van der Waals surface area contributed by atoms with Gasteiger partial charge < -0.3 is 14.2 Å². The van der Waals surface area contributed by atoms with Crippen LogP contribution < -0.4 is 14.2 Å². The van der Waals surface area contributed by atoms with Gasteiger partial charge in [-0.1, -0.05) is 79.7 Å². The Labute approximate surface area is 390 Å². The van der Waals surface area contributed by atoms with Crippen molar-refractivity contribution in [2.45, 2.75) is 85.5 Å². The summed E-state index contributed by atoms with van der Waals surface area (Å²) in [6.07, 6.45) is 3.63. The average molecular weight is 871 g/mol. The molecule has 7 heteroatoms. The van der Waals surface area contributed by atoms with Crippen molar-refractivity contribution in [3.8, 4) is 90.5 Å².